The van der Waals surface area contributed by atoms with Crippen molar-refractivity contribution in [2.24, 2.45) is 0 Å². The number of amides is 1. The molecule has 0 aromatic rings. The summed E-state index contributed by atoms with van der Waals surface area (Å²) in [6.45, 7) is 5.39. The van der Waals surface area contributed by atoms with Crippen LogP contribution in [-0.2, 0) is 4.79 Å². The molecule has 0 unspecified atom stereocenters. The Morgan fingerprint density at radius 2 is 2.09 bits per heavy atom. The minimum atomic E-state index is 0.204. The van der Waals surface area contributed by atoms with Crippen molar-refractivity contribution in [1.29, 1.82) is 0 Å². The van der Waals surface area contributed by atoms with Crippen LogP contribution in [0.3, 0.4) is 0 Å². The zero-order valence-electron chi connectivity index (χ0n) is 7.52. The Hall–Kier alpha value is 0.00247. The minimum Gasteiger partial charge on any atom is -0.356 e. The summed E-state index contributed by atoms with van der Waals surface area (Å²) >= 11 is 0.815. The Morgan fingerprint density at radius 1 is 1.45 bits per heavy atom. The highest BCUT2D eigenvalue weighted by Crippen LogP contribution is 1.93. The second-order valence-electron chi connectivity index (χ2n) is 2.56. The minimum absolute atomic E-state index is 0.204. The Morgan fingerprint density at radius 3 is 2.18 bits per heavy atom. The van der Waals surface area contributed by atoms with Gasteiger partial charge in [0.05, 0.1) is 0 Å². The number of hydrogen-bond donors (Lipinski definition) is 1. The van der Waals surface area contributed by atoms with E-state index in [0.29, 0.717) is 0 Å². The molecule has 0 spiro atoms. The van der Waals surface area contributed by atoms with Crippen LogP contribution in [-0.4, -0.2) is 27.7 Å². The van der Waals surface area contributed by atoms with Crippen molar-refractivity contribution in [2.75, 3.05) is 6.54 Å². The van der Waals surface area contributed by atoms with Crippen molar-refractivity contribution in [1.82, 2.24) is 5.32 Å². The lowest BCUT2D eigenvalue weighted by Gasteiger charge is -1.80. The van der Waals surface area contributed by atoms with Crippen LogP contribution in [0.25, 0.3) is 0 Å². The van der Waals surface area contributed by atoms with E-state index in [2.05, 4.69) is 19.2 Å². The molecule has 0 aromatic carbocycles. The van der Waals surface area contributed by atoms with E-state index >= 15 is 0 Å². The highest BCUT2D eigenvalue weighted by atomic mass is 27.1. The number of carbonyl (C=O) groups excluding carboxylic acids is 1. The largest absolute Gasteiger partial charge is 0.356 e. The molecule has 1 amide bonds. The van der Waals surface area contributed by atoms with Crippen molar-refractivity contribution >= 4 is 21.1 Å². The summed E-state index contributed by atoms with van der Waals surface area (Å²) < 4.78 is 0. The van der Waals surface area contributed by atoms with Gasteiger partial charge in [-0.05, 0) is 6.42 Å². The van der Waals surface area contributed by atoms with Gasteiger partial charge in [-0.1, -0.05) is 13.8 Å². The lowest BCUT2D eigenvalue weighted by Crippen LogP contribution is -2.12. The van der Waals surface area contributed by atoms with Crippen LogP contribution in [0, 0.1) is 0 Å². The van der Waals surface area contributed by atoms with Crippen LogP contribution in [0.4, 0.5) is 0 Å². The molecule has 1 aliphatic heterocycles. The summed E-state index contributed by atoms with van der Waals surface area (Å²) in [7, 11) is 0. The Balaban J connectivity index is 0.000000187. The molecule has 63 valence electrons. The van der Waals surface area contributed by atoms with Gasteiger partial charge in [-0.25, -0.2) is 0 Å². The third-order valence-corrected chi connectivity index (χ3v) is 2.63. The predicted octanol–water partition coefficient (Wildman–Crippen LogP) is 1.46. The lowest BCUT2D eigenvalue weighted by molar-refractivity contribution is -0.119. The van der Waals surface area contributed by atoms with Gasteiger partial charge >= 0.3 is 0 Å². The Kier molecular flexibility index (Phi) is 8.10. The SMILES string of the molecule is C[CH2][Al][CH2]C.O=C1CCCN1. The van der Waals surface area contributed by atoms with Crippen molar-refractivity contribution in [2.45, 2.75) is 37.3 Å². The van der Waals surface area contributed by atoms with E-state index in [9.17, 15) is 4.79 Å². The van der Waals surface area contributed by atoms with E-state index < -0.39 is 0 Å². The summed E-state index contributed by atoms with van der Waals surface area (Å²) in [5.74, 6) is 0.204. The maximum absolute atomic E-state index is 10.1. The maximum Gasteiger partial charge on any atom is 0.220 e. The van der Waals surface area contributed by atoms with E-state index in [4.69, 9.17) is 0 Å². The van der Waals surface area contributed by atoms with Gasteiger partial charge in [-0.2, -0.15) is 0 Å². The topological polar surface area (TPSA) is 29.1 Å². The predicted molar refractivity (Wildman–Crippen MR) is 49.0 cm³/mol. The third kappa shape index (κ3) is 7.90. The molecular formula is C8H17AlNO. The molecule has 11 heavy (non-hydrogen) atoms. The van der Waals surface area contributed by atoms with Gasteiger partial charge in [0.15, 0.2) is 15.2 Å². The molecule has 1 rings (SSSR count). The highest BCUT2D eigenvalue weighted by molar-refractivity contribution is 6.34. The van der Waals surface area contributed by atoms with E-state index in [0.717, 1.165) is 34.6 Å². The average Bonchev–Trinajstić information content (AvgIpc) is 2.43. The summed E-state index contributed by atoms with van der Waals surface area (Å²) in [5, 5.41) is 5.53. The molecule has 1 heterocycles. The van der Waals surface area contributed by atoms with Crippen molar-refractivity contribution in [3.05, 3.63) is 0 Å². The first-order valence-electron chi connectivity index (χ1n) is 4.39. The fourth-order valence-corrected chi connectivity index (χ4v) is 1.43. The molecule has 0 bridgehead atoms. The molecule has 0 atom stereocenters. The number of carbonyl (C=O) groups is 1. The van der Waals surface area contributed by atoms with E-state index in [1.807, 2.05) is 0 Å². The van der Waals surface area contributed by atoms with Gasteiger partial charge in [0.1, 0.15) is 0 Å². The van der Waals surface area contributed by atoms with Gasteiger partial charge in [0.25, 0.3) is 0 Å². The van der Waals surface area contributed by atoms with Gasteiger partial charge in [-0.3, -0.25) is 4.79 Å². The van der Waals surface area contributed by atoms with Gasteiger partial charge < -0.3 is 5.32 Å². The van der Waals surface area contributed by atoms with E-state index in [1.54, 1.807) is 0 Å². The zero-order chi connectivity index (χ0) is 8.53. The van der Waals surface area contributed by atoms with Crippen LogP contribution >= 0.6 is 0 Å². The molecular weight excluding hydrogens is 153 g/mol. The molecule has 3 heteroatoms. The van der Waals surface area contributed by atoms with Crippen molar-refractivity contribution in [3.63, 3.8) is 0 Å². The maximum atomic E-state index is 10.1. The lowest BCUT2D eigenvalue weighted by atomic mass is 10.4. The molecule has 1 saturated heterocycles. The zero-order valence-corrected chi connectivity index (χ0v) is 8.68. The van der Waals surface area contributed by atoms with Gasteiger partial charge in [-0.15, -0.1) is 10.6 Å². The molecule has 1 N–H and O–H groups in total. The molecule has 1 aliphatic rings. The average molecular weight is 170 g/mol. The molecule has 1 radical (unpaired) electrons. The summed E-state index contributed by atoms with van der Waals surface area (Å²) in [5.41, 5.74) is 0. The summed E-state index contributed by atoms with van der Waals surface area (Å²) in [6.07, 6.45) is 1.76. The fraction of sp³-hybridized carbons (Fsp3) is 0.875. The highest BCUT2D eigenvalue weighted by Gasteiger charge is 2.05. The molecule has 2 nitrogen and oxygen atoms in total. The molecule has 0 aromatic heterocycles. The Bertz CT molecular complexity index is 96.3. The first-order chi connectivity index (χ1) is 5.31. The monoisotopic (exact) mass is 170 g/mol. The van der Waals surface area contributed by atoms with Crippen LogP contribution in [0.5, 0.6) is 0 Å². The Labute approximate surface area is 75.5 Å². The fourth-order valence-electron chi connectivity index (χ4n) is 0.854. The van der Waals surface area contributed by atoms with Crippen LogP contribution in [0.2, 0.25) is 10.6 Å². The third-order valence-electron chi connectivity index (χ3n) is 1.48. The van der Waals surface area contributed by atoms with E-state index in [1.165, 1.54) is 10.6 Å². The second kappa shape index (κ2) is 8.10. The molecule has 0 saturated carbocycles. The molecule has 1 fully saturated rings. The van der Waals surface area contributed by atoms with Crippen LogP contribution < -0.4 is 5.32 Å². The summed E-state index contributed by atoms with van der Waals surface area (Å²) in [6, 6.07) is 0. The number of hydrogen-bond acceptors (Lipinski definition) is 1. The van der Waals surface area contributed by atoms with Crippen molar-refractivity contribution < 1.29 is 4.79 Å². The standard InChI is InChI=1S/C4H7NO.2C2H5.Al/c6-4-2-1-3-5-4;2*1-2;/h1-3H2,(H,5,6);2*1H2,2H3;. The normalized spacial score (nSPS) is 14.9. The quantitative estimate of drug-likeness (QED) is 0.624. The van der Waals surface area contributed by atoms with Gasteiger partial charge in [0.2, 0.25) is 5.91 Å². The van der Waals surface area contributed by atoms with Gasteiger partial charge in [0, 0.05) is 13.0 Å². The number of rotatable bonds is 2. The first-order valence-corrected chi connectivity index (χ1v) is 6.02. The van der Waals surface area contributed by atoms with Crippen LogP contribution in [0.1, 0.15) is 26.7 Å². The summed E-state index contributed by atoms with van der Waals surface area (Å²) in [4.78, 5) is 10.1. The first kappa shape index (κ1) is 11.0. The van der Waals surface area contributed by atoms with Crippen LogP contribution in [0.15, 0.2) is 0 Å². The second-order valence-corrected chi connectivity index (χ2v) is 4.77. The number of nitrogens with one attached hydrogen (secondary N) is 1. The van der Waals surface area contributed by atoms with E-state index in [-0.39, 0.29) is 5.91 Å². The van der Waals surface area contributed by atoms with Crippen molar-refractivity contribution in [3.8, 4) is 0 Å². The smallest absolute Gasteiger partial charge is 0.220 e. The molecule has 0 aliphatic carbocycles.